The second kappa shape index (κ2) is 4.84. The molecule has 0 heterocycles. The van der Waals surface area contributed by atoms with E-state index in [1.807, 2.05) is 0 Å². The summed E-state index contributed by atoms with van der Waals surface area (Å²) >= 11 is 0. The Morgan fingerprint density at radius 3 is 1.67 bits per heavy atom. The van der Waals surface area contributed by atoms with E-state index in [0.29, 0.717) is 0 Å². The van der Waals surface area contributed by atoms with E-state index >= 15 is 0 Å². The highest BCUT2D eigenvalue weighted by Gasteiger charge is 2.43. The molecule has 0 aliphatic heterocycles. The summed E-state index contributed by atoms with van der Waals surface area (Å²) in [5.41, 5.74) is 0. The van der Waals surface area contributed by atoms with Gasteiger partial charge in [-0.1, -0.05) is 0 Å². The minimum atomic E-state index is -5.57. The van der Waals surface area contributed by atoms with Crippen molar-refractivity contribution >= 4 is 15.2 Å². The Balaban J connectivity index is 4.73. The van der Waals surface area contributed by atoms with E-state index in [1.54, 1.807) is 0 Å². The maximum Gasteiger partial charge on any atom is 0.331 e. The third kappa shape index (κ3) is 3.70. The van der Waals surface area contributed by atoms with Crippen molar-refractivity contribution in [1.82, 2.24) is 0 Å². The van der Waals surface area contributed by atoms with E-state index < -0.39 is 40.2 Å². The van der Waals surface area contributed by atoms with Gasteiger partial charge in [-0.05, 0) is 0 Å². The molecule has 3 unspecified atom stereocenters. The number of halogens is 5. The molecule has 0 rings (SSSR count). The van der Waals surface area contributed by atoms with Crippen LogP contribution in [0, 0.1) is 0 Å². The average molecular weight is 256 g/mol. The molecule has 10 heteroatoms. The predicted molar refractivity (Wildman–Crippen MR) is 37.2 cm³/mol. The van der Waals surface area contributed by atoms with Crippen LogP contribution in [0.25, 0.3) is 0 Å². The SMILES string of the molecule is O=C(C(F)C(F)C(F)C(F)F)S(=O)(=O)O. The molecule has 0 aliphatic carbocycles. The number of carbonyl (C=O) groups excluding carboxylic acids is 1. The summed E-state index contributed by atoms with van der Waals surface area (Å²) < 4.78 is 87.8. The van der Waals surface area contributed by atoms with Crippen molar-refractivity contribution in [2.75, 3.05) is 0 Å². The summed E-state index contributed by atoms with van der Waals surface area (Å²) in [6.07, 6.45) is -14.9. The van der Waals surface area contributed by atoms with Crippen molar-refractivity contribution in [1.29, 1.82) is 0 Å². The Morgan fingerprint density at radius 1 is 1.00 bits per heavy atom. The molecule has 90 valence electrons. The van der Waals surface area contributed by atoms with Gasteiger partial charge in [-0.25, -0.2) is 22.0 Å². The van der Waals surface area contributed by atoms with Gasteiger partial charge in [0.15, 0.2) is 12.3 Å². The highest BCUT2D eigenvalue weighted by atomic mass is 32.2. The molecular formula is C5H5F5O4S. The minimum absolute atomic E-state index is 2.70. The Labute approximate surface area is 80.8 Å². The van der Waals surface area contributed by atoms with Crippen LogP contribution in [0.5, 0.6) is 0 Å². The summed E-state index contributed by atoms with van der Waals surface area (Å²) in [6, 6.07) is 0. The van der Waals surface area contributed by atoms with Gasteiger partial charge in [-0.3, -0.25) is 9.35 Å². The molecule has 0 saturated carbocycles. The molecule has 0 amide bonds. The number of hydrogen-bond donors (Lipinski definition) is 1. The first-order chi connectivity index (χ1) is 6.59. The molecule has 1 N–H and O–H groups in total. The molecule has 0 aromatic rings. The van der Waals surface area contributed by atoms with Gasteiger partial charge in [0.1, 0.15) is 0 Å². The fourth-order valence-corrected chi connectivity index (χ4v) is 0.987. The van der Waals surface area contributed by atoms with Crippen LogP contribution in [-0.2, 0) is 14.9 Å². The van der Waals surface area contributed by atoms with E-state index in [1.165, 1.54) is 0 Å². The number of rotatable bonds is 4. The van der Waals surface area contributed by atoms with E-state index in [-0.39, 0.29) is 0 Å². The Hall–Kier alpha value is -0.770. The summed E-state index contributed by atoms with van der Waals surface area (Å²) in [4.78, 5) is 10.3. The molecular weight excluding hydrogens is 251 g/mol. The van der Waals surface area contributed by atoms with Crippen LogP contribution in [0.15, 0.2) is 0 Å². The van der Waals surface area contributed by atoms with Crippen LogP contribution in [-0.4, -0.2) is 43.0 Å². The number of carbonyl (C=O) groups is 1. The van der Waals surface area contributed by atoms with Crippen molar-refractivity contribution in [3.05, 3.63) is 0 Å². The summed E-state index contributed by atoms with van der Waals surface area (Å²) in [7, 11) is -5.57. The van der Waals surface area contributed by atoms with Gasteiger partial charge in [0, 0.05) is 0 Å². The molecule has 0 aromatic heterocycles. The molecule has 15 heavy (non-hydrogen) atoms. The zero-order valence-electron chi connectivity index (χ0n) is 6.78. The van der Waals surface area contributed by atoms with Gasteiger partial charge < -0.3 is 0 Å². The average Bonchev–Trinajstić information content (AvgIpc) is 2.11. The van der Waals surface area contributed by atoms with Crippen molar-refractivity contribution in [2.24, 2.45) is 0 Å². The Morgan fingerprint density at radius 2 is 1.40 bits per heavy atom. The number of alkyl halides is 5. The first kappa shape index (κ1) is 14.2. The monoisotopic (exact) mass is 256 g/mol. The first-order valence-corrected chi connectivity index (χ1v) is 4.74. The van der Waals surface area contributed by atoms with Crippen molar-refractivity contribution in [3.63, 3.8) is 0 Å². The fourth-order valence-electron chi connectivity index (χ4n) is 0.573. The van der Waals surface area contributed by atoms with Crippen molar-refractivity contribution in [3.8, 4) is 0 Å². The zero-order chi connectivity index (χ0) is 12.4. The first-order valence-electron chi connectivity index (χ1n) is 3.30. The van der Waals surface area contributed by atoms with Crippen LogP contribution < -0.4 is 0 Å². The number of hydrogen-bond acceptors (Lipinski definition) is 3. The largest absolute Gasteiger partial charge is 0.331 e. The van der Waals surface area contributed by atoms with E-state index in [4.69, 9.17) is 4.55 Å². The Kier molecular flexibility index (Phi) is 4.59. The molecule has 0 aromatic carbocycles. The zero-order valence-corrected chi connectivity index (χ0v) is 7.60. The molecule has 0 fully saturated rings. The predicted octanol–water partition coefficient (Wildman–Crippen LogP) is 0.680. The van der Waals surface area contributed by atoms with Crippen LogP contribution >= 0.6 is 0 Å². The lowest BCUT2D eigenvalue weighted by molar-refractivity contribution is -0.121. The van der Waals surface area contributed by atoms with Crippen LogP contribution in [0.3, 0.4) is 0 Å². The third-order valence-corrected chi connectivity index (χ3v) is 2.04. The fraction of sp³-hybridized carbons (Fsp3) is 0.800. The van der Waals surface area contributed by atoms with Crippen LogP contribution in [0.4, 0.5) is 22.0 Å². The maximum atomic E-state index is 12.5. The lowest BCUT2D eigenvalue weighted by Crippen LogP contribution is -2.40. The smallest absolute Gasteiger partial charge is 0.279 e. The van der Waals surface area contributed by atoms with Crippen LogP contribution in [0.1, 0.15) is 0 Å². The van der Waals surface area contributed by atoms with E-state index in [0.717, 1.165) is 0 Å². The molecule has 0 bridgehead atoms. The summed E-state index contributed by atoms with van der Waals surface area (Å²) in [6.45, 7) is 0. The van der Waals surface area contributed by atoms with Crippen molar-refractivity contribution in [2.45, 2.75) is 24.9 Å². The standard InChI is InChI=1S/C5H5F5O4S/c6-1(2(7)4(9)10)3(8)5(11)15(12,13)14/h1-4H,(H,12,13,14). The molecule has 4 nitrogen and oxygen atoms in total. The van der Waals surface area contributed by atoms with Gasteiger partial charge in [0.25, 0.3) is 6.43 Å². The van der Waals surface area contributed by atoms with Gasteiger partial charge in [-0.2, -0.15) is 8.42 Å². The maximum absolute atomic E-state index is 12.5. The minimum Gasteiger partial charge on any atom is -0.279 e. The quantitative estimate of drug-likeness (QED) is 0.593. The van der Waals surface area contributed by atoms with Gasteiger partial charge in [0.05, 0.1) is 0 Å². The second-order valence-electron chi connectivity index (χ2n) is 2.42. The summed E-state index contributed by atoms with van der Waals surface area (Å²) in [5, 5.41) is -2.70. The molecule has 0 aliphatic rings. The normalized spacial score (nSPS) is 18.6. The van der Waals surface area contributed by atoms with Gasteiger partial charge >= 0.3 is 15.2 Å². The molecule has 0 saturated heterocycles. The highest BCUT2D eigenvalue weighted by molar-refractivity contribution is 8.01. The topological polar surface area (TPSA) is 71.4 Å². The molecule has 3 atom stereocenters. The van der Waals surface area contributed by atoms with Gasteiger partial charge in [0.2, 0.25) is 6.17 Å². The van der Waals surface area contributed by atoms with E-state index in [9.17, 15) is 35.2 Å². The molecule has 0 radical (unpaired) electrons. The Bertz CT molecular complexity index is 328. The lowest BCUT2D eigenvalue weighted by Gasteiger charge is -2.14. The van der Waals surface area contributed by atoms with E-state index in [2.05, 4.69) is 0 Å². The van der Waals surface area contributed by atoms with Gasteiger partial charge in [-0.15, -0.1) is 0 Å². The van der Waals surface area contributed by atoms with Crippen LogP contribution in [0.2, 0.25) is 0 Å². The summed E-state index contributed by atoms with van der Waals surface area (Å²) in [5.74, 6) is 0. The van der Waals surface area contributed by atoms with Crippen molar-refractivity contribution < 1.29 is 39.7 Å². The highest BCUT2D eigenvalue weighted by Crippen LogP contribution is 2.19. The second-order valence-corrected chi connectivity index (χ2v) is 3.77. The lowest BCUT2D eigenvalue weighted by atomic mass is 10.2. The third-order valence-electron chi connectivity index (χ3n) is 1.30. The molecule has 0 spiro atoms.